The van der Waals surface area contributed by atoms with Crippen LogP contribution in [0.25, 0.3) is 0 Å². The van der Waals surface area contributed by atoms with Crippen molar-refractivity contribution in [3.05, 3.63) is 28.2 Å². The van der Waals surface area contributed by atoms with Gasteiger partial charge in [-0.15, -0.1) is 12.4 Å². The second-order valence-electron chi connectivity index (χ2n) is 3.68. The van der Waals surface area contributed by atoms with Crippen molar-refractivity contribution >= 4 is 34.2 Å². The molecule has 0 aliphatic heterocycles. The number of nitrogens with two attached hydrogens (primary N) is 1. The van der Waals surface area contributed by atoms with Gasteiger partial charge in [0.15, 0.2) is 6.61 Å². The molecule has 0 radical (unpaired) electrons. The molecule has 0 aliphatic carbocycles. The number of hydrogen-bond donors (Lipinski definition) is 2. The predicted octanol–water partition coefficient (Wildman–Crippen LogP) is 2.23. The van der Waals surface area contributed by atoms with Crippen molar-refractivity contribution in [1.82, 2.24) is 5.32 Å². The van der Waals surface area contributed by atoms with Gasteiger partial charge in [0.1, 0.15) is 5.75 Å². The van der Waals surface area contributed by atoms with E-state index in [1.165, 1.54) is 0 Å². The van der Waals surface area contributed by atoms with Gasteiger partial charge in [0, 0.05) is 16.6 Å². The molecule has 0 spiro atoms. The van der Waals surface area contributed by atoms with E-state index in [1.807, 2.05) is 18.2 Å². The van der Waals surface area contributed by atoms with Crippen LogP contribution in [0.2, 0.25) is 0 Å². The van der Waals surface area contributed by atoms with E-state index < -0.39 is 5.91 Å². The van der Waals surface area contributed by atoms with Crippen LogP contribution in [-0.4, -0.2) is 19.1 Å². The van der Waals surface area contributed by atoms with E-state index in [0.717, 1.165) is 23.0 Å². The molecule has 1 rings (SSSR count). The minimum absolute atomic E-state index is 0. The number of nitrogens with one attached hydrogen (secondary N) is 1. The van der Waals surface area contributed by atoms with E-state index in [-0.39, 0.29) is 19.0 Å². The normalized spacial score (nSPS) is 9.67. The Morgan fingerprint density at radius 3 is 2.83 bits per heavy atom. The molecule has 0 aromatic heterocycles. The van der Waals surface area contributed by atoms with Gasteiger partial charge in [-0.2, -0.15) is 0 Å². The molecule has 0 saturated heterocycles. The lowest BCUT2D eigenvalue weighted by molar-refractivity contribution is -0.119. The summed E-state index contributed by atoms with van der Waals surface area (Å²) in [6.07, 6.45) is 1.07. The number of carbonyl (C=O) groups excluding carboxylic acids is 1. The number of ether oxygens (including phenoxy) is 1. The average Bonchev–Trinajstić information content (AvgIpc) is 2.28. The molecule has 3 N–H and O–H groups in total. The highest BCUT2D eigenvalue weighted by Gasteiger charge is 2.05. The molecular formula is C12H18BrClN2O2. The highest BCUT2D eigenvalue weighted by atomic mass is 79.9. The maximum atomic E-state index is 10.7. The lowest BCUT2D eigenvalue weighted by atomic mass is 10.2. The van der Waals surface area contributed by atoms with Gasteiger partial charge >= 0.3 is 0 Å². The van der Waals surface area contributed by atoms with Crippen molar-refractivity contribution in [2.24, 2.45) is 5.73 Å². The van der Waals surface area contributed by atoms with Crippen LogP contribution in [0.1, 0.15) is 18.9 Å². The number of carbonyl (C=O) groups is 1. The number of amides is 1. The van der Waals surface area contributed by atoms with E-state index in [0.29, 0.717) is 12.3 Å². The summed E-state index contributed by atoms with van der Waals surface area (Å²) in [5.41, 5.74) is 6.06. The first-order chi connectivity index (χ1) is 8.13. The van der Waals surface area contributed by atoms with E-state index >= 15 is 0 Å². The zero-order chi connectivity index (χ0) is 12.7. The molecule has 0 saturated carbocycles. The average molecular weight is 338 g/mol. The second kappa shape index (κ2) is 9.19. The van der Waals surface area contributed by atoms with Crippen LogP contribution in [0.15, 0.2) is 22.7 Å². The van der Waals surface area contributed by atoms with Crippen LogP contribution in [0.5, 0.6) is 5.75 Å². The van der Waals surface area contributed by atoms with E-state index in [4.69, 9.17) is 10.5 Å². The van der Waals surface area contributed by atoms with Crippen LogP contribution < -0.4 is 15.8 Å². The highest BCUT2D eigenvalue weighted by Crippen LogP contribution is 2.23. The summed E-state index contributed by atoms with van der Waals surface area (Å²) in [7, 11) is 0. The molecule has 18 heavy (non-hydrogen) atoms. The molecule has 6 heteroatoms. The first kappa shape index (κ1) is 17.2. The van der Waals surface area contributed by atoms with Crippen molar-refractivity contribution in [2.75, 3.05) is 13.2 Å². The quantitative estimate of drug-likeness (QED) is 0.750. The summed E-state index contributed by atoms with van der Waals surface area (Å²) in [5.74, 6) is 0.219. The Balaban J connectivity index is 0.00000289. The summed E-state index contributed by atoms with van der Waals surface area (Å²) < 4.78 is 6.33. The molecule has 1 amide bonds. The standard InChI is InChI=1S/C12H17BrN2O2.ClH/c1-2-5-15-7-9-6-10(13)3-4-11(9)17-8-12(14)16;/h3-4,6,15H,2,5,7-8H2,1H3,(H2,14,16);1H. The highest BCUT2D eigenvalue weighted by molar-refractivity contribution is 9.10. The Labute approximate surface area is 122 Å². The fourth-order valence-electron chi connectivity index (χ4n) is 1.38. The fourth-order valence-corrected chi connectivity index (χ4v) is 1.78. The summed E-state index contributed by atoms with van der Waals surface area (Å²) in [4.78, 5) is 10.7. The largest absolute Gasteiger partial charge is 0.483 e. The van der Waals surface area contributed by atoms with E-state index in [2.05, 4.69) is 28.2 Å². The van der Waals surface area contributed by atoms with Crippen molar-refractivity contribution in [1.29, 1.82) is 0 Å². The number of hydrogen-bond acceptors (Lipinski definition) is 3. The fraction of sp³-hybridized carbons (Fsp3) is 0.417. The SMILES string of the molecule is CCCNCc1cc(Br)ccc1OCC(N)=O.Cl. The molecule has 1 aromatic carbocycles. The Hall–Kier alpha value is -0.780. The molecular weight excluding hydrogens is 320 g/mol. The smallest absolute Gasteiger partial charge is 0.255 e. The lowest BCUT2D eigenvalue weighted by Gasteiger charge is -2.11. The van der Waals surface area contributed by atoms with Gasteiger partial charge in [-0.25, -0.2) is 0 Å². The summed E-state index contributed by atoms with van der Waals surface area (Å²) in [5, 5.41) is 3.29. The third kappa shape index (κ3) is 6.23. The maximum absolute atomic E-state index is 10.7. The molecule has 4 nitrogen and oxygen atoms in total. The van der Waals surface area contributed by atoms with Crippen LogP contribution in [0.4, 0.5) is 0 Å². The van der Waals surface area contributed by atoms with Crippen molar-refractivity contribution in [3.63, 3.8) is 0 Å². The van der Waals surface area contributed by atoms with Gasteiger partial charge in [0.05, 0.1) is 0 Å². The van der Waals surface area contributed by atoms with Crippen molar-refractivity contribution in [2.45, 2.75) is 19.9 Å². The summed E-state index contributed by atoms with van der Waals surface area (Å²) in [6.45, 7) is 3.67. The van der Waals surface area contributed by atoms with Crippen LogP contribution in [0.3, 0.4) is 0 Å². The molecule has 0 aliphatic rings. The van der Waals surface area contributed by atoms with Crippen molar-refractivity contribution < 1.29 is 9.53 Å². The Morgan fingerprint density at radius 1 is 1.50 bits per heavy atom. The number of halogens is 2. The third-order valence-electron chi connectivity index (χ3n) is 2.13. The Kier molecular flexibility index (Phi) is 8.79. The van der Waals surface area contributed by atoms with E-state index in [9.17, 15) is 4.79 Å². The Morgan fingerprint density at radius 2 is 2.22 bits per heavy atom. The number of rotatable bonds is 7. The maximum Gasteiger partial charge on any atom is 0.255 e. The van der Waals surface area contributed by atoms with E-state index in [1.54, 1.807) is 0 Å². The summed E-state index contributed by atoms with van der Waals surface area (Å²) >= 11 is 3.41. The third-order valence-corrected chi connectivity index (χ3v) is 2.63. The van der Waals surface area contributed by atoms with Gasteiger partial charge in [0.25, 0.3) is 5.91 Å². The monoisotopic (exact) mass is 336 g/mol. The molecule has 1 aromatic rings. The molecule has 0 unspecified atom stereocenters. The Bertz CT molecular complexity index is 388. The van der Waals surface area contributed by atoms with Gasteiger partial charge in [-0.3, -0.25) is 4.79 Å². The van der Waals surface area contributed by atoms with Gasteiger partial charge in [0.2, 0.25) is 0 Å². The lowest BCUT2D eigenvalue weighted by Crippen LogP contribution is -2.21. The molecule has 0 heterocycles. The zero-order valence-corrected chi connectivity index (χ0v) is 12.6. The predicted molar refractivity (Wildman–Crippen MR) is 78.1 cm³/mol. The molecule has 0 fully saturated rings. The van der Waals surface area contributed by atoms with Crippen molar-refractivity contribution in [3.8, 4) is 5.75 Å². The van der Waals surface area contributed by atoms with Gasteiger partial charge in [-0.1, -0.05) is 22.9 Å². The minimum atomic E-state index is -0.472. The van der Waals surface area contributed by atoms with Gasteiger partial charge in [-0.05, 0) is 31.2 Å². The first-order valence-electron chi connectivity index (χ1n) is 5.53. The van der Waals surface area contributed by atoms with Gasteiger partial charge < -0.3 is 15.8 Å². The number of primary amides is 1. The molecule has 0 atom stereocenters. The minimum Gasteiger partial charge on any atom is -0.483 e. The first-order valence-corrected chi connectivity index (χ1v) is 6.33. The summed E-state index contributed by atoms with van der Waals surface area (Å²) in [6, 6.07) is 5.68. The zero-order valence-electron chi connectivity index (χ0n) is 10.2. The van der Waals surface area contributed by atoms with Crippen LogP contribution >= 0.6 is 28.3 Å². The molecule has 102 valence electrons. The molecule has 0 bridgehead atoms. The van der Waals surface area contributed by atoms with Crippen LogP contribution in [0, 0.1) is 0 Å². The topological polar surface area (TPSA) is 64.3 Å². The second-order valence-corrected chi connectivity index (χ2v) is 4.60. The van der Waals surface area contributed by atoms with Crippen LogP contribution in [-0.2, 0) is 11.3 Å². The number of benzene rings is 1.